The molecule has 0 saturated heterocycles. The summed E-state index contributed by atoms with van der Waals surface area (Å²) in [7, 11) is 0. The predicted molar refractivity (Wildman–Crippen MR) is 38.2 cm³/mol. The van der Waals surface area contributed by atoms with Crippen molar-refractivity contribution in [3.8, 4) is 0 Å². The lowest BCUT2D eigenvalue weighted by Crippen LogP contribution is -2.25. The van der Waals surface area contributed by atoms with Crippen LogP contribution >= 0.6 is 0 Å². The van der Waals surface area contributed by atoms with E-state index in [9.17, 15) is 4.79 Å². The van der Waals surface area contributed by atoms with Crippen LogP contribution in [0.1, 0.15) is 11.2 Å². The molecule has 1 aromatic heterocycles. The van der Waals surface area contributed by atoms with Crippen LogP contribution in [-0.2, 0) is 0 Å². The summed E-state index contributed by atoms with van der Waals surface area (Å²) in [5, 5.41) is 6.61. The third-order valence-electron chi connectivity index (χ3n) is 1.48. The number of aromatic nitrogens is 3. The zero-order valence-corrected chi connectivity index (χ0v) is 5.74. The van der Waals surface area contributed by atoms with E-state index in [-0.39, 0.29) is 11.9 Å². The molecule has 6 heteroatoms. The number of fused-ring (bicyclic) bond motifs is 1. The van der Waals surface area contributed by atoms with Gasteiger partial charge in [0.25, 0.3) is 5.91 Å². The van der Waals surface area contributed by atoms with Crippen LogP contribution < -0.4 is 11.1 Å². The van der Waals surface area contributed by atoms with Crippen LogP contribution in [-0.4, -0.2) is 27.2 Å². The Morgan fingerprint density at radius 3 is 3.18 bits per heavy atom. The normalized spacial score (nSPS) is 15.8. The largest absolute Gasteiger partial charge is 0.366 e. The van der Waals surface area contributed by atoms with Gasteiger partial charge in [-0.05, 0) is 0 Å². The number of hydrogen-bond donors (Lipinski definition) is 2. The third kappa shape index (κ3) is 0.830. The highest BCUT2D eigenvalue weighted by Crippen LogP contribution is 2.10. The minimum Gasteiger partial charge on any atom is -0.366 e. The SMILES string of the molecule is Nc1nc2n(n1)C(=O)CCN2. The Kier molecular flexibility index (Phi) is 1.09. The van der Waals surface area contributed by atoms with Gasteiger partial charge in [-0.3, -0.25) is 4.79 Å². The smallest absolute Gasteiger partial charge is 0.251 e. The molecule has 0 saturated carbocycles. The quantitative estimate of drug-likeness (QED) is 0.515. The number of nitrogens with one attached hydrogen (secondary N) is 1. The Labute approximate surface area is 62.4 Å². The van der Waals surface area contributed by atoms with E-state index in [1.54, 1.807) is 0 Å². The highest BCUT2D eigenvalue weighted by Gasteiger charge is 2.18. The summed E-state index contributed by atoms with van der Waals surface area (Å²) in [6, 6.07) is 0. The molecule has 0 aromatic carbocycles. The van der Waals surface area contributed by atoms with Crippen LogP contribution in [0.5, 0.6) is 0 Å². The van der Waals surface area contributed by atoms with Crippen LogP contribution in [0.3, 0.4) is 0 Å². The van der Waals surface area contributed by atoms with Gasteiger partial charge in [-0.2, -0.15) is 9.67 Å². The van der Waals surface area contributed by atoms with Crippen molar-refractivity contribution in [3.63, 3.8) is 0 Å². The summed E-state index contributed by atoms with van der Waals surface area (Å²) in [6.45, 7) is 0.608. The van der Waals surface area contributed by atoms with Gasteiger partial charge < -0.3 is 11.1 Å². The fraction of sp³-hybridized carbons (Fsp3) is 0.400. The molecule has 1 aromatic rings. The van der Waals surface area contributed by atoms with Gasteiger partial charge in [-0.25, -0.2) is 0 Å². The first-order chi connectivity index (χ1) is 5.27. The maximum Gasteiger partial charge on any atom is 0.251 e. The number of nitrogens with two attached hydrogens (primary N) is 1. The zero-order valence-electron chi connectivity index (χ0n) is 5.74. The molecule has 2 rings (SSSR count). The first kappa shape index (κ1) is 6.14. The first-order valence-corrected chi connectivity index (χ1v) is 3.27. The fourth-order valence-electron chi connectivity index (χ4n) is 1.00. The van der Waals surface area contributed by atoms with E-state index >= 15 is 0 Å². The second kappa shape index (κ2) is 1.94. The van der Waals surface area contributed by atoms with E-state index in [1.165, 1.54) is 4.68 Å². The molecule has 0 unspecified atom stereocenters. The van der Waals surface area contributed by atoms with Crippen LogP contribution in [0.4, 0.5) is 11.9 Å². The first-order valence-electron chi connectivity index (χ1n) is 3.27. The van der Waals surface area contributed by atoms with Crippen molar-refractivity contribution in [2.24, 2.45) is 0 Å². The molecule has 6 nitrogen and oxygen atoms in total. The van der Waals surface area contributed by atoms with Gasteiger partial charge in [0.15, 0.2) is 0 Å². The van der Waals surface area contributed by atoms with E-state index in [1.807, 2.05) is 0 Å². The molecular weight excluding hydrogens is 146 g/mol. The molecule has 0 radical (unpaired) electrons. The van der Waals surface area contributed by atoms with Gasteiger partial charge in [0.1, 0.15) is 0 Å². The second-order valence-corrected chi connectivity index (χ2v) is 2.28. The average molecular weight is 153 g/mol. The monoisotopic (exact) mass is 153 g/mol. The van der Waals surface area contributed by atoms with Gasteiger partial charge in [0, 0.05) is 13.0 Å². The van der Waals surface area contributed by atoms with Gasteiger partial charge in [-0.1, -0.05) is 0 Å². The van der Waals surface area contributed by atoms with Crippen molar-refractivity contribution in [1.82, 2.24) is 14.8 Å². The minimum absolute atomic E-state index is 0.0667. The third-order valence-corrected chi connectivity index (χ3v) is 1.48. The number of carbonyl (C=O) groups excluding carboxylic acids is 1. The average Bonchev–Trinajstić information content (AvgIpc) is 2.31. The van der Waals surface area contributed by atoms with Crippen molar-refractivity contribution in [2.45, 2.75) is 6.42 Å². The molecule has 0 aliphatic carbocycles. The molecule has 0 fully saturated rings. The molecule has 0 amide bonds. The molecular formula is C5H7N5O. The molecule has 2 heterocycles. The van der Waals surface area contributed by atoms with Crippen molar-refractivity contribution in [2.75, 3.05) is 17.6 Å². The number of nitrogen functional groups attached to an aromatic ring is 1. The molecule has 58 valence electrons. The van der Waals surface area contributed by atoms with E-state index < -0.39 is 0 Å². The van der Waals surface area contributed by atoms with Crippen LogP contribution in [0.25, 0.3) is 0 Å². The molecule has 0 spiro atoms. The molecule has 11 heavy (non-hydrogen) atoms. The van der Waals surface area contributed by atoms with Gasteiger partial charge >= 0.3 is 0 Å². The molecule has 1 aliphatic rings. The Morgan fingerprint density at radius 2 is 2.45 bits per heavy atom. The lowest BCUT2D eigenvalue weighted by Gasteiger charge is -2.10. The van der Waals surface area contributed by atoms with Crippen molar-refractivity contribution in [3.05, 3.63) is 0 Å². The second-order valence-electron chi connectivity index (χ2n) is 2.28. The topological polar surface area (TPSA) is 85.8 Å². The molecule has 3 N–H and O–H groups in total. The van der Waals surface area contributed by atoms with Crippen LogP contribution in [0, 0.1) is 0 Å². The summed E-state index contributed by atoms with van der Waals surface area (Å²) in [5.74, 6) is 0.504. The summed E-state index contributed by atoms with van der Waals surface area (Å²) < 4.78 is 1.19. The lowest BCUT2D eigenvalue weighted by atomic mass is 10.4. The number of anilines is 2. The van der Waals surface area contributed by atoms with Crippen LogP contribution in [0.15, 0.2) is 0 Å². The summed E-state index contributed by atoms with van der Waals surface area (Å²) >= 11 is 0. The highest BCUT2D eigenvalue weighted by atomic mass is 16.2. The van der Waals surface area contributed by atoms with Crippen molar-refractivity contribution < 1.29 is 4.79 Å². The predicted octanol–water partition coefficient (Wildman–Crippen LogP) is -0.684. The number of nitrogens with zero attached hydrogens (tertiary/aromatic N) is 3. The summed E-state index contributed by atoms with van der Waals surface area (Å²) in [4.78, 5) is 14.9. The maximum absolute atomic E-state index is 11.1. The number of carbonyl (C=O) groups is 1. The van der Waals surface area contributed by atoms with Gasteiger partial charge in [0.2, 0.25) is 11.9 Å². The fourth-order valence-corrected chi connectivity index (χ4v) is 1.00. The summed E-state index contributed by atoms with van der Waals surface area (Å²) in [5.41, 5.74) is 5.29. The highest BCUT2D eigenvalue weighted by molar-refractivity contribution is 5.83. The molecule has 0 bridgehead atoms. The van der Waals surface area contributed by atoms with Crippen LogP contribution in [0.2, 0.25) is 0 Å². The maximum atomic E-state index is 11.1. The zero-order chi connectivity index (χ0) is 7.84. The van der Waals surface area contributed by atoms with E-state index in [0.717, 1.165) is 0 Å². The number of hydrogen-bond acceptors (Lipinski definition) is 5. The molecule has 0 atom stereocenters. The van der Waals surface area contributed by atoms with Crippen molar-refractivity contribution in [1.29, 1.82) is 0 Å². The Bertz CT molecular complexity index is 304. The summed E-state index contributed by atoms with van der Waals surface area (Å²) in [6.07, 6.45) is 0.440. The van der Waals surface area contributed by atoms with E-state index in [2.05, 4.69) is 15.4 Å². The van der Waals surface area contributed by atoms with E-state index in [4.69, 9.17) is 5.73 Å². The van der Waals surface area contributed by atoms with Gasteiger partial charge in [-0.15, -0.1) is 5.10 Å². The standard InChI is InChI=1S/C5H7N5O/c6-4-8-5-7-2-1-3(11)10(5)9-4/h1-2H2,(H3,6,7,8,9). The lowest BCUT2D eigenvalue weighted by molar-refractivity contribution is 0.0886. The number of rotatable bonds is 0. The molecule has 1 aliphatic heterocycles. The van der Waals surface area contributed by atoms with E-state index in [0.29, 0.717) is 18.9 Å². The Balaban J connectivity index is 2.52. The minimum atomic E-state index is -0.0667. The Morgan fingerprint density at radius 1 is 1.64 bits per heavy atom. The Hall–Kier alpha value is -1.59. The van der Waals surface area contributed by atoms with Crippen molar-refractivity contribution >= 4 is 17.8 Å². The van der Waals surface area contributed by atoms with Gasteiger partial charge in [0.05, 0.1) is 0 Å².